The molecule has 19 heavy (non-hydrogen) atoms. The van der Waals surface area contributed by atoms with Gasteiger partial charge in [-0.05, 0) is 50.1 Å². The molecule has 0 saturated carbocycles. The van der Waals surface area contributed by atoms with Crippen molar-refractivity contribution in [2.75, 3.05) is 7.05 Å². The number of aryl methyl sites for hydroxylation is 2. The van der Waals surface area contributed by atoms with Crippen molar-refractivity contribution >= 4 is 0 Å². The van der Waals surface area contributed by atoms with E-state index in [0.717, 1.165) is 17.5 Å². The van der Waals surface area contributed by atoms with Gasteiger partial charge in [0.05, 0.1) is 0 Å². The Morgan fingerprint density at radius 2 is 1.84 bits per heavy atom. The maximum atomic E-state index is 14.1. The van der Waals surface area contributed by atoms with Crippen LogP contribution in [-0.4, -0.2) is 7.05 Å². The fraction of sp³-hybridized carbons (Fsp3) is 0.294. The molecule has 0 amide bonds. The molecule has 0 radical (unpaired) electrons. The molecular weight excluding hydrogens is 237 g/mol. The minimum absolute atomic E-state index is 0.00157. The molecular formula is C17H20FN. The second-order valence-electron chi connectivity index (χ2n) is 5.00. The Bertz CT molecular complexity index is 563. The van der Waals surface area contributed by atoms with Crippen molar-refractivity contribution in [1.29, 1.82) is 0 Å². The van der Waals surface area contributed by atoms with E-state index in [9.17, 15) is 4.39 Å². The van der Waals surface area contributed by atoms with Crippen LogP contribution in [0.25, 0.3) is 0 Å². The van der Waals surface area contributed by atoms with Crippen LogP contribution in [0.5, 0.6) is 0 Å². The average molecular weight is 257 g/mol. The molecule has 1 unspecified atom stereocenters. The first kappa shape index (κ1) is 13.8. The Kier molecular flexibility index (Phi) is 4.33. The monoisotopic (exact) mass is 257 g/mol. The third-order valence-electron chi connectivity index (χ3n) is 3.57. The van der Waals surface area contributed by atoms with Crippen LogP contribution in [0.15, 0.2) is 42.5 Å². The Balaban J connectivity index is 2.28. The second-order valence-corrected chi connectivity index (χ2v) is 5.00. The third-order valence-corrected chi connectivity index (χ3v) is 3.57. The summed E-state index contributed by atoms with van der Waals surface area (Å²) < 4.78 is 14.1. The summed E-state index contributed by atoms with van der Waals surface area (Å²) in [6.07, 6.45) is 0.795. The number of halogens is 1. The van der Waals surface area contributed by atoms with Crippen LogP contribution in [0.3, 0.4) is 0 Å². The number of likely N-dealkylation sites (N-methyl/N-ethyl adjacent to an activating group) is 1. The fourth-order valence-corrected chi connectivity index (χ4v) is 2.34. The molecule has 0 bridgehead atoms. The van der Waals surface area contributed by atoms with Crippen LogP contribution >= 0.6 is 0 Å². The molecule has 0 aliphatic rings. The minimum atomic E-state index is -0.132. The standard InChI is InChI=1S/C17H20FN/c1-12-8-9-15(16(18)10-12)17(19-3)11-14-7-5-4-6-13(14)2/h4-10,17,19H,11H2,1-3H3. The number of hydrogen-bond donors (Lipinski definition) is 1. The maximum Gasteiger partial charge on any atom is 0.128 e. The maximum absolute atomic E-state index is 14.1. The van der Waals surface area contributed by atoms with Crippen LogP contribution in [0, 0.1) is 19.7 Å². The van der Waals surface area contributed by atoms with Crippen LogP contribution in [0.2, 0.25) is 0 Å². The SMILES string of the molecule is CNC(Cc1ccccc1C)c1ccc(C)cc1F. The van der Waals surface area contributed by atoms with Gasteiger partial charge in [-0.3, -0.25) is 0 Å². The quantitative estimate of drug-likeness (QED) is 0.874. The van der Waals surface area contributed by atoms with Crippen molar-refractivity contribution in [3.8, 4) is 0 Å². The minimum Gasteiger partial charge on any atom is -0.313 e. The Hall–Kier alpha value is -1.67. The molecule has 0 fully saturated rings. The van der Waals surface area contributed by atoms with Crippen molar-refractivity contribution in [2.24, 2.45) is 0 Å². The Morgan fingerprint density at radius 1 is 1.11 bits per heavy atom. The summed E-state index contributed by atoms with van der Waals surface area (Å²) in [4.78, 5) is 0. The summed E-state index contributed by atoms with van der Waals surface area (Å²) >= 11 is 0. The van der Waals surface area contributed by atoms with E-state index in [4.69, 9.17) is 0 Å². The Labute approximate surface area is 114 Å². The van der Waals surface area contributed by atoms with E-state index in [-0.39, 0.29) is 11.9 Å². The average Bonchev–Trinajstić information content (AvgIpc) is 2.39. The normalized spacial score (nSPS) is 12.4. The highest BCUT2D eigenvalue weighted by Crippen LogP contribution is 2.23. The van der Waals surface area contributed by atoms with Crippen molar-refractivity contribution in [3.05, 3.63) is 70.5 Å². The van der Waals surface area contributed by atoms with E-state index in [2.05, 4.69) is 24.4 Å². The number of hydrogen-bond acceptors (Lipinski definition) is 1. The molecule has 2 aromatic carbocycles. The van der Waals surface area contributed by atoms with Gasteiger partial charge in [0, 0.05) is 11.6 Å². The lowest BCUT2D eigenvalue weighted by Gasteiger charge is -2.19. The van der Waals surface area contributed by atoms with Crippen molar-refractivity contribution < 1.29 is 4.39 Å². The lowest BCUT2D eigenvalue weighted by Crippen LogP contribution is -2.20. The molecule has 1 atom stereocenters. The van der Waals surface area contributed by atoms with Gasteiger partial charge in [0.1, 0.15) is 5.82 Å². The summed E-state index contributed by atoms with van der Waals surface area (Å²) in [5.41, 5.74) is 4.18. The number of benzene rings is 2. The second kappa shape index (κ2) is 5.98. The largest absolute Gasteiger partial charge is 0.313 e. The predicted molar refractivity (Wildman–Crippen MR) is 77.8 cm³/mol. The highest BCUT2D eigenvalue weighted by Gasteiger charge is 2.15. The van der Waals surface area contributed by atoms with E-state index in [1.54, 1.807) is 6.07 Å². The van der Waals surface area contributed by atoms with E-state index in [1.165, 1.54) is 11.1 Å². The van der Waals surface area contributed by atoms with Crippen LogP contribution in [0.4, 0.5) is 4.39 Å². The summed E-state index contributed by atoms with van der Waals surface area (Å²) in [5, 5.41) is 3.21. The number of rotatable bonds is 4. The zero-order valence-electron chi connectivity index (χ0n) is 11.7. The zero-order valence-corrected chi connectivity index (χ0v) is 11.7. The van der Waals surface area contributed by atoms with Crippen molar-refractivity contribution in [2.45, 2.75) is 26.3 Å². The summed E-state index contributed by atoms with van der Waals surface area (Å²) in [7, 11) is 1.88. The predicted octanol–water partition coefficient (Wildman–Crippen LogP) is 3.95. The van der Waals surface area contributed by atoms with Crippen LogP contribution in [-0.2, 0) is 6.42 Å². The molecule has 2 rings (SSSR count). The van der Waals surface area contributed by atoms with E-state index in [1.807, 2.05) is 38.2 Å². The first-order valence-corrected chi connectivity index (χ1v) is 6.59. The molecule has 0 saturated heterocycles. The van der Waals surface area contributed by atoms with Gasteiger partial charge in [-0.2, -0.15) is 0 Å². The first-order chi connectivity index (χ1) is 9.11. The highest BCUT2D eigenvalue weighted by atomic mass is 19.1. The van der Waals surface area contributed by atoms with Gasteiger partial charge in [-0.15, -0.1) is 0 Å². The molecule has 0 aromatic heterocycles. The Morgan fingerprint density at radius 3 is 2.47 bits per heavy atom. The summed E-state index contributed by atoms with van der Waals surface area (Å²) in [6.45, 7) is 4.00. The molecule has 0 heterocycles. The van der Waals surface area contributed by atoms with Gasteiger partial charge in [-0.1, -0.05) is 36.4 Å². The smallest absolute Gasteiger partial charge is 0.128 e. The topological polar surface area (TPSA) is 12.0 Å². The fourth-order valence-electron chi connectivity index (χ4n) is 2.34. The molecule has 2 aromatic rings. The molecule has 0 spiro atoms. The van der Waals surface area contributed by atoms with Gasteiger partial charge < -0.3 is 5.32 Å². The molecule has 1 N–H and O–H groups in total. The lowest BCUT2D eigenvalue weighted by molar-refractivity contribution is 0.532. The van der Waals surface area contributed by atoms with E-state index >= 15 is 0 Å². The molecule has 0 aliphatic carbocycles. The van der Waals surface area contributed by atoms with E-state index < -0.39 is 0 Å². The third kappa shape index (κ3) is 3.21. The highest BCUT2D eigenvalue weighted by molar-refractivity contribution is 5.31. The van der Waals surface area contributed by atoms with Crippen molar-refractivity contribution in [3.63, 3.8) is 0 Å². The summed E-state index contributed by atoms with van der Waals surface area (Å²) in [6, 6.07) is 13.7. The van der Waals surface area contributed by atoms with Crippen LogP contribution < -0.4 is 5.32 Å². The van der Waals surface area contributed by atoms with Gasteiger partial charge in [-0.25, -0.2) is 4.39 Å². The molecule has 1 nitrogen and oxygen atoms in total. The molecule has 0 aliphatic heterocycles. The molecule has 2 heteroatoms. The van der Waals surface area contributed by atoms with Crippen LogP contribution in [0.1, 0.15) is 28.3 Å². The summed E-state index contributed by atoms with van der Waals surface area (Å²) in [5.74, 6) is -0.132. The molecule has 100 valence electrons. The van der Waals surface area contributed by atoms with Gasteiger partial charge in [0.15, 0.2) is 0 Å². The van der Waals surface area contributed by atoms with Crippen molar-refractivity contribution in [1.82, 2.24) is 5.32 Å². The van der Waals surface area contributed by atoms with Gasteiger partial charge in [0.2, 0.25) is 0 Å². The first-order valence-electron chi connectivity index (χ1n) is 6.59. The zero-order chi connectivity index (χ0) is 13.8. The van der Waals surface area contributed by atoms with Gasteiger partial charge in [0.25, 0.3) is 0 Å². The number of nitrogens with one attached hydrogen (secondary N) is 1. The lowest BCUT2D eigenvalue weighted by atomic mass is 9.95. The van der Waals surface area contributed by atoms with Gasteiger partial charge >= 0.3 is 0 Å². The van der Waals surface area contributed by atoms with E-state index in [0.29, 0.717) is 0 Å².